The fourth-order valence-electron chi connectivity index (χ4n) is 3.08. The van der Waals surface area contributed by atoms with Gasteiger partial charge in [0, 0.05) is 36.2 Å². The van der Waals surface area contributed by atoms with Gasteiger partial charge in [0.25, 0.3) is 0 Å². The van der Waals surface area contributed by atoms with Crippen LogP contribution >= 0.6 is 0 Å². The van der Waals surface area contributed by atoms with Crippen molar-refractivity contribution in [3.05, 3.63) is 29.1 Å². The van der Waals surface area contributed by atoms with Gasteiger partial charge in [-0.1, -0.05) is 27.2 Å². The van der Waals surface area contributed by atoms with Crippen molar-refractivity contribution >= 4 is 0 Å². The van der Waals surface area contributed by atoms with E-state index in [1.54, 1.807) is 0 Å². The van der Waals surface area contributed by atoms with Gasteiger partial charge in [-0.3, -0.25) is 5.10 Å². The molecule has 0 unspecified atom stereocenters. The Morgan fingerprint density at radius 1 is 1.18 bits per heavy atom. The van der Waals surface area contributed by atoms with E-state index in [9.17, 15) is 0 Å². The number of nitrogens with one attached hydrogen (secondary N) is 2. The summed E-state index contributed by atoms with van der Waals surface area (Å²) in [5.74, 6) is 2.20. The molecule has 0 aromatic carbocycles. The molecule has 22 heavy (non-hydrogen) atoms. The quantitative estimate of drug-likeness (QED) is 0.909. The molecule has 120 valence electrons. The predicted octanol–water partition coefficient (Wildman–Crippen LogP) is 2.31. The van der Waals surface area contributed by atoms with E-state index in [4.69, 9.17) is 0 Å². The smallest absolute Gasteiger partial charge is 0.147 e. The van der Waals surface area contributed by atoms with Crippen LogP contribution in [0.1, 0.15) is 62.9 Å². The summed E-state index contributed by atoms with van der Waals surface area (Å²) < 4.78 is 2.29. The molecule has 0 fully saturated rings. The van der Waals surface area contributed by atoms with E-state index in [1.165, 1.54) is 30.5 Å². The molecule has 3 rings (SSSR count). The molecule has 2 N–H and O–H groups in total. The van der Waals surface area contributed by atoms with E-state index in [0.29, 0.717) is 0 Å². The zero-order valence-electron chi connectivity index (χ0n) is 13.8. The molecule has 6 heteroatoms. The minimum Gasteiger partial charge on any atom is -0.314 e. The SMILES string of the molecule is CC(C)(C)c1[nH]ncc1CNCc1nnc2n1CCCCC2. The van der Waals surface area contributed by atoms with Crippen molar-refractivity contribution < 1.29 is 0 Å². The van der Waals surface area contributed by atoms with Crippen LogP contribution < -0.4 is 5.32 Å². The standard InChI is InChI=1S/C16H26N6/c1-16(2,3)15-12(10-18-21-15)9-17-11-14-20-19-13-7-5-4-6-8-22(13)14/h10,17H,4-9,11H2,1-3H3,(H,18,21). The largest absolute Gasteiger partial charge is 0.314 e. The summed E-state index contributed by atoms with van der Waals surface area (Å²) in [4.78, 5) is 0. The van der Waals surface area contributed by atoms with Crippen molar-refractivity contribution in [2.24, 2.45) is 0 Å². The third-order valence-corrected chi connectivity index (χ3v) is 4.25. The number of nitrogens with zero attached hydrogens (tertiary/aromatic N) is 4. The van der Waals surface area contributed by atoms with Gasteiger partial charge in [0.1, 0.15) is 11.6 Å². The van der Waals surface area contributed by atoms with Crippen molar-refractivity contribution in [1.29, 1.82) is 0 Å². The zero-order valence-corrected chi connectivity index (χ0v) is 13.8. The monoisotopic (exact) mass is 302 g/mol. The molecule has 0 atom stereocenters. The number of rotatable bonds is 4. The molecule has 2 aromatic rings. The minimum atomic E-state index is 0.0828. The van der Waals surface area contributed by atoms with Crippen molar-refractivity contribution in [2.75, 3.05) is 0 Å². The minimum absolute atomic E-state index is 0.0828. The normalized spacial score (nSPS) is 15.6. The van der Waals surface area contributed by atoms with Gasteiger partial charge < -0.3 is 9.88 Å². The van der Waals surface area contributed by atoms with E-state index < -0.39 is 0 Å². The Bertz CT molecular complexity index is 619. The molecule has 0 spiro atoms. The Labute approximate surface area is 131 Å². The van der Waals surface area contributed by atoms with Crippen molar-refractivity contribution in [2.45, 2.75) is 71.5 Å². The number of hydrogen-bond acceptors (Lipinski definition) is 4. The van der Waals surface area contributed by atoms with Crippen LogP contribution in [-0.2, 0) is 31.5 Å². The van der Waals surface area contributed by atoms with Gasteiger partial charge in [-0.25, -0.2) is 0 Å². The molecule has 3 heterocycles. The first-order valence-corrected chi connectivity index (χ1v) is 8.20. The van der Waals surface area contributed by atoms with E-state index >= 15 is 0 Å². The maximum atomic E-state index is 4.36. The highest BCUT2D eigenvalue weighted by molar-refractivity contribution is 5.23. The van der Waals surface area contributed by atoms with Gasteiger partial charge in [-0.15, -0.1) is 10.2 Å². The summed E-state index contributed by atoms with van der Waals surface area (Å²) in [6.45, 7) is 9.19. The highest BCUT2D eigenvalue weighted by Crippen LogP contribution is 2.23. The summed E-state index contributed by atoms with van der Waals surface area (Å²) in [5.41, 5.74) is 2.50. The zero-order chi connectivity index (χ0) is 15.6. The van der Waals surface area contributed by atoms with Gasteiger partial charge >= 0.3 is 0 Å². The summed E-state index contributed by atoms with van der Waals surface area (Å²) >= 11 is 0. The van der Waals surface area contributed by atoms with Gasteiger partial charge in [0.05, 0.1) is 12.7 Å². The molecule has 0 amide bonds. The number of aromatic amines is 1. The Morgan fingerprint density at radius 2 is 2.05 bits per heavy atom. The fourth-order valence-corrected chi connectivity index (χ4v) is 3.08. The Hall–Kier alpha value is -1.69. The van der Waals surface area contributed by atoms with Crippen LogP contribution in [0.4, 0.5) is 0 Å². The first-order valence-electron chi connectivity index (χ1n) is 8.20. The molecule has 0 saturated carbocycles. The van der Waals surface area contributed by atoms with E-state index in [2.05, 4.69) is 51.0 Å². The molecule has 0 radical (unpaired) electrons. The lowest BCUT2D eigenvalue weighted by molar-refractivity contribution is 0.545. The van der Waals surface area contributed by atoms with Crippen LogP contribution in [0.15, 0.2) is 6.20 Å². The van der Waals surface area contributed by atoms with Crippen LogP contribution in [-0.4, -0.2) is 25.0 Å². The summed E-state index contributed by atoms with van der Waals surface area (Å²) in [7, 11) is 0. The first-order chi connectivity index (χ1) is 10.6. The molecule has 1 aliphatic rings. The molecular formula is C16H26N6. The number of hydrogen-bond donors (Lipinski definition) is 2. The number of fused-ring (bicyclic) bond motifs is 1. The van der Waals surface area contributed by atoms with Gasteiger partial charge in [0.2, 0.25) is 0 Å². The summed E-state index contributed by atoms with van der Waals surface area (Å²) in [5, 5.41) is 19.5. The maximum Gasteiger partial charge on any atom is 0.147 e. The lowest BCUT2D eigenvalue weighted by atomic mass is 9.89. The molecule has 0 saturated heterocycles. The van der Waals surface area contributed by atoms with Gasteiger partial charge in [-0.05, 0) is 12.8 Å². The highest BCUT2D eigenvalue weighted by Gasteiger charge is 2.20. The van der Waals surface area contributed by atoms with Crippen LogP contribution in [0, 0.1) is 0 Å². The average molecular weight is 302 g/mol. The lowest BCUT2D eigenvalue weighted by Crippen LogP contribution is -2.20. The Morgan fingerprint density at radius 3 is 2.86 bits per heavy atom. The molecule has 0 aliphatic carbocycles. The molecule has 0 bridgehead atoms. The van der Waals surface area contributed by atoms with Gasteiger partial charge in [0.15, 0.2) is 0 Å². The topological polar surface area (TPSA) is 71.4 Å². The second kappa shape index (κ2) is 6.20. The third kappa shape index (κ3) is 3.21. The average Bonchev–Trinajstić information content (AvgIpc) is 3.01. The van der Waals surface area contributed by atoms with Crippen molar-refractivity contribution in [1.82, 2.24) is 30.3 Å². The van der Waals surface area contributed by atoms with Crippen LogP contribution in [0.3, 0.4) is 0 Å². The molecule has 1 aliphatic heterocycles. The molecular weight excluding hydrogens is 276 g/mol. The predicted molar refractivity (Wildman–Crippen MR) is 85.4 cm³/mol. The fraction of sp³-hybridized carbons (Fsp3) is 0.688. The Balaban J connectivity index is 1.63. The highest BCUT2D eigenvalue weighted by atomic mass is 15.3. The maximum absolute atomic E-state index is 4.36. The molecule has 2 aromatic heterocycles. The second-order valence-corrected chi connectivity index (χ2v) is 7.12. The second-order valence-electron chi connectivity index (χ2n) is 7.12. The number of H-pyrrole nitrogens is 1. The van der Waals surface area contributed by atoms with Crippen molar-refractivity contribution in [3.8, 4) is 0 Å². The van der Waals surface area contributed by atoms with Crippen LogP contribution in [0.25, 0.3) is 0 Å². The molecule has 6 nitrogen and oxygen atoms in total. The summed E-state index contributed by atoms with van der Waals surface area (Å²) in [6, 6.07) is 0. The van der Waals surface area contributed by atoms with E-state index in [1.807, 2.05) is 6.20 Å². The lowest BCUT2D eigenvalue weighted by Gasteiger charge is -2.18. The van der Waals surface area contributed by atoms with Crippen LogP contribution in [0.5, 0.6) is 0 Å². The van der Waals surface area contributed by atoms with Crippen LogP contribution in [0.2, 0.25) is 0 Å². The number of aryl methyl sites for hydroxylation is 1. The third-order valence-electron chi connectivity index (χ3n) is 4.25. The van der Waals surface area contributed by atoms with Gasteiger partial charge in [-0.2, -0.15) is 5.10 Å². The Kier molecular flexibility index (Phi) is 4.29. The van der Waals surface area contributed by atoms with E-state index in [0.717, 1.165) is 37.7 Å². The summed E-state index contributed by atoms with van der Waals surface area (Å²) in [6.07, 6.45) is 6.73. The number of aromatic nitrogens is 5. The van der Waals surface area contributed by atoms with Crippen molar-refractivity contribution in [3.63, 3.8) is 0 Å². The first kappa shape index (κ1) is 15.2. The van der Waals surface area contributed by atoms with E-state index in [-0.39, 0.29) is 5.41 Å².